The zero-order chi connectivity index (χ0) is 21.3. The Bertz CT molecular complexity index is 616. The maximum atomic E-state index is 12.6. The maximum absolute atomic E-state index is 12.6. The minimum atomic E-state index is -1.42. The highest BCUT2D eigenvalue weighted by molar-refractivity contribution is 7.98. The number of carbonyl (C=O) groups is 5. The van der Waals surface area contributed by atoms with Crippen LogP contribution in [0.25, 0.3) is 0 Å². The SMILES string of the molecule is CSCCC(N)C(=O)NCC(=O)NC(CC(=O)O)C(=O)N1CCCC1C(=O)O. The van der Waals surface area contributed by atoms with Crippen molar-refractivity contribution in [3.05, 3.63) is 0 Å². The van der Waals surface area contributed by atoms with Crippen LogP contribution in [0.2, 0.25) is 0 Å². The summed E-state index contributed by atoms with van der Waals surface area (Å²) in [6.45, 7) is -0.305. The molecule has 1 aliphatic heterocycles. The van der Waals surface area contributed by atoms with Gasteiger partial charge in [0.1, 0.15) is 12.1 Å². The lowest BCUT2D eigenvalue weighted by atomic mass is 10.1. The molecule has 0 bridgehead atoms. The van der Waals surface area contributed by atoms with Crippen molar-refractivity contribution in [2.75, 3.05) is 25.1 Å². The molecule has 11 nitrogen and oxygen atoms in total. The van der Waals surface area contributed by atoms with E-state index in [2.05, 4.69) is 10.6 Å². The van der Waals surface area contributed by atoms with Gasteiger partial charge < -0.3 is 31.5 Å². The van der Waals surface area contributed by atoms with Crippen molar-refractivity contribution in [2.24, 2.45) is 5.73 Å². The predicted octanol–water partition coefficient (Wildman–Crippen LogP) is -1.78. The monoisotopic (exact) mass is 418 g/mol. The number of rotatable bonds is 11. The second-order valence-electron chi connectivity index (χ2n) is 6.35. The molecule has 0 aliphatic carbocycles. The van der Waals surface area contributed by atoms with Crippen molar-refractivity contribution in [3.63, 3.8) is 0 Å². The molecule has 3 unspecified atom stereocenters. The van der Waals surface area contributed by atoms with Crippen molar-refractivity contribution in [1.82, 2.24) is 15.5 Å². The third-order valence-corrected chi connectivity index (χ3v) is 4.87. The van der Waals surface area contributed by atoms with Crippen LogP contribution in [0.3, 0.4) is 0 Å². The number of nitrogens with zero attached hydrogens (tertiary/aromatic N) is 1. The molecule has 6 N–H and O–H groups in total. The third kappa shape index (κ3) is 7.35. The molecule has 0 saturated carbocycles. The molecule has 1 aliphatic rings. The first-order valence-corrected chi connectivity index (χ1v) is 10.1. The van der Waals surface area contributed by atoms with Crippen LogP contribution in [0, 0.1) is 0 Å². The van der Waals surface area contributed by atoms with Crippen LogP contribution >= 0.6 is 11.8 Å². The van der Waals surface area contributed by atoms with Gasteiger partial charge in [-0.2, -0.15) is 11.8 Å². The molecule has 28 heavy (non-hydrogen) atoms. The van der Waals surface area contributed by atoms with E-state index in [0.717, 1.165) is 4.90 Å². The zero-order valence-electron chi connectivity index (χ0n) is 15.6. The summed E-state index contributed by atoms with van der Waals surface area (Å²) in [6, 6.07) is -3.25. The van der Waals surface area contributed by atoms with Crippen LogP contribution in [0.15, 0.2) is 0 Å². The number of carboxylic acid groups (broad SMARTS) is 2. The van der Waals surface area contributed by atoms with Crippen molar-refractivity contribution in [3.8, 4) is 0 Å². The first kappa shape index (κ1) is 23.7. The highest BCUT2D eigenvalue weighted by Gasteiger charge is 2.38. The Hall–Kier alpha value is -2.34. The van der Waals surface area contributed by atoms with Gasteiger partial charge in [-0.1, -0.05) is 0 Å². The second kappa shape index (κ2) is 11.5. The Morgan fingerprint density at radius 1 is 1.25 bits per heavy atom. The molecular weight excluding hydrogens is 392 g/mol. The molecule has 3 atom stereocenters. The van der Waals surface area contributed by atoms with Crippen LogP contribution < -0.4 is 16.4 Å². The normalized spacial score (nSPS) is 18.2. The third-order valence-electron chi connectivity index (χ3n) is 4.23. The van der Waals surface area contributed by atoms with Crippen LogP contribution in [-0.4, -0.2) is 88.0 Å². The summed E-state index contributed by atoms with van der Waals surface area (Å²) in [7, 11) is 0. The number of aliphatic carboxylic acids is 2. The topological polar surface area (TPSA) is 179 Å². The van der Waals surface area contributed by atoms with E-state index >= 15 is 0 Å². The zero-order valence-corrected chi connectivity index (χ0v) is 16.4. The average molecular weight is 418 g/mol. The van der Waals surface area contributed by atoms with Crippen molar-refractivity contribution >= 4 is 41.4 Å². The summed E-state index contributed by atoms with van der Waals surface area (Å²) in [4.78, 5) is 59.8. The summed E-state index contributed by atoms with van der Waals surface area (Å²) in [5.74, 6) is -3.91. The van der Waals surface area contributed by atoms with E-state index in [1.807, 2.05) is 6.26 Å². The highest BCUT2D eigenvalue weighted by atomic mass is 32.2. The van der Waals surface area contributed by atoms with Gasteiger partial charge in [-0.05, 0) is 31.3 Å². The molecule has 0 spiro atoms. The van der Waals surface area contributed by atoms with E-state index in [-0.39, 0.29) is 13.0 Å². The van der Waals surface area contributed by atoms with Gasteiger partial charge in [0.25, 0.3) is 0 Å². The number of nitrogens with one attached hydrogen (secondary N) is 2. The van der Waals surface area contributed by atoms with Crippen LogP contribution in [0.1, 0.15) is 25.7 Å². The molecule has 0 aromatic rings. The Labute approximate surface area is 166 Å². The fourth-order valence-electron chi connectivity index (χ4n) is 2.78. The number of hydrogen-bond donors (Lipinski definition) is 5. The predicted molar refractivity (Wildman–Crippen MR) is 101 cm³/mol. The average Bonchev–Trinajstić information content (AvgIpc) is 3.12. The lowest BCUT2D eigenvalue weighted by Gasteiger charge is -2.26. The van der Waals surface area contributed by atoms with E-state index < -0.39 is 60.8 Å². The lowest BCUT2D eigenvalue weighted by molar-refractivity contribution is -0.150. The molecule has 12 heteroatoms. The van der Waals surface area contributed by atoms with Crippen molar-refractivity contribution in [1.29, 1.82) is 0 Å². The molecule has 1 fully saturated rings. The number of carboxylic acids is 2. The molecule has 1 heterocycles. The maximum Gasteiger partial charge on any atom is 0.326 e. The Morgan fingerprint density at radius 3 is 2.50 bits per heavy atom. The Kier molecular flexibility index (Phi) is 9.73. The van der Waals surface area contributed by atoms with Crippen molar-refractivity contribution in [2.45, 2.75) is 43.8 Å². The largest absolute Gasteiger partial charge is 0.481 e. The number of hydrogen-bond acceptors (Lipinski definition) is 7. The molecular formula is C16H26N4O7S. The smallest absolute Gasteiger partial charge is 0.326 e. The number of nitrogens with two attached hydrogens (primary N) is 1. The number of thioether (sulfide) groups is 1. The number of likely N-dealkylation sites (tertiary alicyclic amines) is 1. The fourth-order valence-corrected chi connectivity index (χ4v) is 3.27. The lowest BCUT2D eigenvalue weighted by Crippen LogP contribution is -2.54. The van der Waals surface area contributed by atoms with E-state index in [0.29, 0.717) is 18.6 Å². The molecule has 0 aromatic carbocycles. The summed E-state index contributed by atoms with van der Waals surface area (Å²) in [5.41, 5.74) is 5.68. The number of amides is 3. The first-order chi connectivity index (χ1) is 13.2. The molecule has 3 amide bonds. The van der Waals surface area contributed by atoms with Gasteiger partial charge in [0.2, 0.25) is 17.7 Å². The summed E-state index contributed by atoms with van der Waals surface area (Å²) in [6.07, 6.45) is 2.33. The van der Waals surface area contributed by atoms with Gasteiger partial charge in [-0.3, -0.25) is 19.2 Å². The summed E-state index contributed by atoms with van der Waals surface area (Å²) in [5, 5.41) is 22.8. The Morgan fingerprint density at radius 2 is 1.93 bits per heavy atom. The summed E-state index contributed by atoms with van der Waals surface area (Å²) < 4.78 is 0. The molecule has 1 rings (SSSR count). The Balaban J connectivity index is 2.66. The van der Waals surface area contributed by atoms with Crippen LogP contribution in [0.4, 0.5) is 0 Å². The molecule has 0 radical (unpaired) electrons. The molecule has 0 aromatic heterocycles. The van der Waals surface area contributed by atoms with Gasteiger partial charge >= 0.3 is 11.9 Å². The van der Waals surface area contributed by atoms with Crippen LogP contribution in [-0.2, 0) is 24.0 Å². The van der Waals surface area contributed by atoms with Gasteiger partial charge in [-0.15, -0.1) is 0 Å². The second-order valence-corrected chi connectivity index (χ2v) is 7.34. The van der Waals surface area contributed by atoms with E-state index in [9.17, 15) is 29.1 Å². The van der Waals surface area contributed by atoms with Gasteiger partial charge in [0.05, 0.1) is 19.0 Å². The van der Waals surface area contributed by atoms with Gasteiger partial charge in [0.15, 0.2) is 0 Å². The van der Waals surface area contributed by atoms with E-state index in [4.69, 9.17) is 10.8 Å². The minimum Gasteiger partial charge on any atom is -0.481 e. The van der Waals surface area contributed by atoms with Gasteiger partial charge in [-0.25, -0.2) is 4.79 Å². The highest BCUT2D eigenvalue weighted by Crippen LogP contribution is 2.19. The fraction of sp³-hybridized carbons (Fsp3) is 0.688. The number of carbonyl (C=O) groups excluding carboxylic acids is 3. The van der Waals surface area contributed by atoms with E-state index in [1.54, 1.807) is 0 Å². The van der Waals surface area contributed by atoms with Gasteiger partial charge in [0, 0.05) is 6.54 Å². The molecule has 158 valence electrons. The minimum absolute atomic E-state index is 0.169. The summed E-state index contributed by atoms with van der Waals surface area (Å²) >= 11 is 1.52. The van der Waals surface area contributed by atoms with E-state index in [1.165, 1.54) is 11.8 Å². The van der Waals surface area contributed by atoms with Crippen molar-refractivity contribution < 1.29 is 34.2 Å². The quantitative estimate of drug-likeness (QED) is 0.259. The standard InChI is InChI=1S/C16H26N4O7S/c1-28-6-4-9(17)14(24)18-8-12(21)19-10(7-13(22)23)15(25)20-5-2-3-11(20)16(26)27/h9-11H,2-8,17H2,1H3,(H,18,24)(H,19,21)(H,22,23)(H,26,27). The molecule has 1 saturated heterocycles. The van der Waals surface area contributed by atoms with Crippen LogP contribution in [0.5, 0.6) is 0 Å². The first-order valence-electron chi connectivity index (χ1n) is 8.74.